The van der Waals surface area contributed by atoms with E-state index in [4.69, 9.17) is 11.6 Å². The van der Waals surface area contributed by atoms with Crippen LogP contribution < -0.4 is 11.6 Å². The fourth-order valence-corrected chi connectivity index (χ4v) is 2.41. The highest BCUT2D eigenvalue weighted by Crippen LogP contribution is 2.26. The summed E-state index contributed by atoms with van der Waals surface area (Å²) in [7, 11) is 0. The number of hydrogen-bond donors (Lipinski definition) is 2. The summed E-state index contributed by atoms with van der Waals surface area (Å²) < 4.78 is 0. The molecule has 0 amide bonds. The smallest absolute Gasteiger partial charge is 0.177 e. The maximum Gasteiger partial charge on any atom is 0.177 e. The number of hydrogen-bond acceptors (Lipinski definition) is 3. The molecule has 4 N–H and O–H groups in total. The van der Waals surface area contributed by atoms with Crippen molar-refractivity contribution in [1.29, 1.82) is 0 Å². The number of nitrogens with two attached hydrogens (primary N) is 2. The Hall–Kier alpha value is -0.380. The van der Waals surface area contributed by atoms with Crippen LogP contribution in [0.15, 0.2) is 5.10 Å². The molecule has 1 saturated carbocycles. The van der Waals surface area contributed by atoms with Crippen LogP contribution in [0.2, 0.25) is 0 Å². The molecule has 1 aliphatic carbocycles. The zero-order chi connectivity index (χ0) is 8.81. The second-order valence-electron chi connectivity index (χ2n) is 3.28. The first-order valence-electron chi connectivity index (χ1n) is 4.49. The van der Waals surface area contributed by atoms with E-state index in [2.05, 4.69) is 5.10 Å². The maximum absolute atomic E-state index is 5.48. The summed E-state index contributed by atoms with van der Waals surface area (Å²) in [6.45, 7) is 0. The van der Waals surface area contributed by atoms with E-state index in [1.807, 2.05) is 0 Å². The fraction of sp³-hybridized carbons (Fsp3) is 0.875. The molecule has 12 heavy (non-hydrogen) atoms. The van der Waals surface area contributed by atoms with E-state index >= 15 is 0 Å². The van der Waals surface area contributed by atoms with Crippen molar-refractivity contribution in [3.05, 3.63) is 0 Å². The van der Waals surface area contributed by atoms with E-state index in [1.54, 1.807) is 11.8 Å². The number of nitrogens with zero attached hydrogens (tertiary/aromatic N) is 1. The van der Waals surface area contributed by atoms with Crippen LogP contribution in [0.4, 0.5) is 0 Å². The molecule has 1 rings (SSSR count). The molecule has 0 saturated heterocycles. The SMILES string of the molecule is N/N=C(\N)SCC1CCCCC1. The zero-order valence-electron chi connectivity index (χ0n) is 7.33. The molecule has 0 aromatic rings. The summed E-state index contributed by atoms with van der Waals surface area (Å²) in [6.07, 6.45) is 6.87. The third-order valence-electron chi connectivity index (χ3n) is 2.32. The molecule has 3 nitrogen and oxygen atoms in total. The number of hydrazone groups is 1. The van der Waals surface area contributed by atoms with Crippen LogP contribution >= 0.6 is 11.8 Å². The highest BCUT2D eigenvalue weighted by Gasteiger charge is 2.13. The first-order valence-corrected chi connectivity index (χ1v) is 5.47. The molecule has 70 valence electrons. The summed E-state index contributed by atoms with van der Waals surface area (Å²) >= 11 is 1.59. The average molecular weight is 187 g/mol. The lowest BCUT2D eigenvalue weighted by Crippen LogP contribution is -2.15. The van der Waals surface area contributed by atoms with Gasteiger partial charge in [0.25, 0.3) is 0 Å². The Labute approximate surface area is 78.0 Å². The molecule has 1 aliphatic rings. The number of thioether (sulfide) groups is 1. The minimum atomic E-state index is 0.514. The van der Waals surface area contributed by atoms with Crippen LogP contribution in [0.3, 0.4) is 0 Å². The van der Waals surface area contributed by atoms with E-state index in [9.17, 15) is 0 Å². The minimum Gasteiger partial charge on any atom is -0.377 e. The lowest BCUT2D eigenvalue weighted by atomic mass is 9.91. The molecule has 0 aliphatic heterocycles. The van der Waals surface area contributed by atoms with Crippen molar-refractivity contribution in [2.75, 3.05) is 5.75 Å². The van der Waals surface area contributed by atoms with E-state index in [0.29, 0.717) is 5.17 Å². The van der Waals surface area contributed by atoms with Crippen molar-refractivity contribution < 1.29 is 0 Å². The standard InChI is InChI=1S/C8H17N3S/c9-8(11-10)12-6-7-4-2-1-3-5-7/h7H,1-6,10H2,(H2,9,11). The van der Waals surface area contributed by atoms with Gasteiger partial charge in [-0.3, -0.25) is 0 Å². The van der Waals surface area contributed by atoms with Crippen molar-refractivity contribution in [3.63, 3.8) is 0 Å². The van der Waals surface area contributed by atoms with Crippen LogP contribution in [-0.4, -0.2) is 10.9 Å². The minimum absolute atomic E-state index is 0.514. The Morgan fingerprint density at radius 1 is 1.33 bits per heavy atom. The van der Waals surface area contributed by atoms with Gasteiger partial charge in [-0.15, -0.1) is 0 Å². The van der Waals surface area contributed by atoms with Gasteiger partial charge in [0.1, 0.15) is 0 Å². The first kappa shape index (κ1) is 9.71. The topological polar surface area (TPSA) is 64.4 Å². The van der Waals surface area contributed by atoms with E-state index in [-0.39, 0.29) is 0 Å². The summed E-state index contributed by atoms with van der Waals surface area (Å²) in [5, 5.41) is 3.94. The predicted octanol–water partition coefficient (Wildman–Crippen LogP) is 1.49. The van der Waals surface area contributed by atoms with E-state index < -0.39 is 0 Å². The van der Waals surface area contributed by atoms with Gasteiger partial charge in [0, 0.05) is 5.75 Å². The number of rotatable bonds is 2. The molecule has 0 heterocycles. The molecule has 0 unspecified atom stereocenters. The highest BCUT2D eigenvalue weighted by molar-refractivity contribution is 8.13. The Kier molecular flexibility index (Phi) is 4.29. The van der Waals surface area contributed by atoms with Gasteiger partial charge in [-0.05, 0) is 18.8 Å². The van der Waals surface area contributed by atoms with Crippen LogP contribution in [0.5, 0.6) is 0 Å². The Bertz CT molecular complexity index is 152. The highest BCUT2D eigenvalue weighted by atomic mass is 32.2. The summed E-state index contributed by atoms with van der Waals surface area (Å²) in [4.78, 5) is 0. The van der Waals surface area contributed by atoms with Crippen LogP contribution in [-0.2, 0) is 0 Å². The van der Waals surface area contributed by atoms with Crippen molar-refractivity contribution in [2.24, 2.45) is 22.6 Å². The Morgan fingerprint density at radius 3 is 2.58 bits per heavy atom. The Balaban J connectivity index is 2.13. The summed E-state index contributed by atoms with van der Waals surface area (Å²) in [6, 6.07) is 0. The second-order valence-corrected chi connectivity index (χ2v) is 4.32. The lowest BCUT2D eigenvalue weighted by Gasteiger charge is -2.20. The van der Waals surface area contributed by atoms with E-state index in [1.165, 1.54) is 32.1 Å². The van der Waals surface area contributed by atoms with Gasteiger partial charge in [-0.25, -0.2) is 0 Å². The van der Waals surface area contributed by atoms with Gasteiger partial charge in [0.2, 0.25) is 0 Å². The lowest BCUT2D eigenvalue weighted by molar-refractivity contribution is 0.391. The third kappa shape index (κ3) is 3.34. The molecule has 4 heteroatoms. The molecular weight excluding hydrogens is 170 g/mol. The fourth-order valence-electron chi connectivity index (χ4n) is 1.59. The van der Waals surface area contributed by atoms with Gasteiger partial charge >= 0.3 is 0 Å². The monoisotopic (exact) mass is 187 g/mol. The van der Waals surface area contributed by atoms with Crippen LogP contribution in [0.25, 0.3) is 0 Å². The Morgan fingerprint density at radius 2 is 2.00 bits per heavy atom. The first-order chi connectivity index (χ1) is 5.83. The molecule has 0 radical (unpaired) electrons. The third-order valence-corrected chi connectivity index (χ3v) is 3.36. The van der Waals surface area contributed by atoms with Gasteiger partial charge in [-0.2, -0.15) is 5.10 Å². The van der Waals surface area contributed by atoms with Crippen LogP contribution in [0, 0.1) is 5.92 Å². The van der Waals surface area contributed by atoms with E-state index in [0.717, 1.165) is 11.7 Å². The quantitative estimate of drug-likeness (QED) is 0.298. The van der Waals surface area contributed by atoms with Crippen molar-refractivity contribution in [3.8, 4) is 0 Å². The number of amidine groups is 1. The van der Waals surface area contributed by atoms with Gasteiger partial charge in [0.05, 0.1) is 0 Å². The van der Waals surface area contributed by atoms with Crippen LogP contribution in [0.1, 0.15) is 32.1 Å². The molecular formula is C8H17N3S. The van der Waals surface area contributed by atoms with Gasteiger partial charge in [-0.1, -0.05) is 31.0 Å². The largest absolute Gasteiger partial charge is 0.377 e. The molecule has 0 aromatic carbocycles. The summed E-state index contributed by atoms with van der Waals surface area (Å²) in [5.74, 6) is 6.96. The normalized spacial score (nSPS) is 21.2. The molecule has 0 spiro atoms. The predicted molar refractivity (Wildman–Crippen MR) is 54.8 cm³/mol. The van der Waals surface area contributed by atoms with Crippen molar-refractivity contribution >= 4 is 16.9 Å². The van der Waals surface area contributed by atoms with Gasteiger partial charge in [0.15, 0.2) is 5.17 Å². The van der Waals surface area contributed by atoms with Gasteiger partial charge < -0.3 is 11.6 Å². The molecule has 0 aromatic heterocycles. The zero-order valence-corrected chi connectivity index (χ0v) is 8.15. The maximum atomic E-state index is 5.48. The summed E-state index contributed by atoms with van der Waals surface area (Å²) in [5.41, 5.74) is 5.48. The molecule has 0 bridgehead atoms. The van der Waals surface area contributed by atoms with Crippen molar-refractivity contribution in [2.45, 2.75) is 32.1 Å². The molecule has 0 atom stereocenters. The van der Waals surface area contributed by atoms with Crippen molar-refractivity contribution in [1.82, 2.24) is 0 Å². The molecule has 1 fully saturated rings. The second kappa shape index (κ2) is 5.30. The average Bonchev–Trinajstić information content (AvgIpc) is 2.16.